The molecule has 2 aliphatic carbocycles. The minimum absolute atomic E-state index is 0.00276. The van der Waals surface area contributed by atoms with Gasteiger partial charge in [-0.1, -0.05) is 60.7 Å². The fourth-order valence-corrected chi connectivity index (χ4v) is 18.0. The fourth-order valence-electron chi connectivity index (χ4n) is 18.0. The van der Waals surface area contributed by atoms with Gasteiger partial charge >= 0.3 is 23.3 Å². The minimum Gasteiger partial charge on any atom is -0.481 e. The number of aliphatic carboxylic acids is 1. The molecule has 4 atom stereocenters. The molecule has 6 aromatic carbocycles. The summed E-state index contributed by atoms with van der Waals surface area (Å²) in [6.45, 7) is 15.0. The van der Waals surface area contributed by atoms with Crippen molar-refractivity contribution >= 4 is 90.1 Å². The highest BCUT2D eigenvalue weighted by atomic mass is 16.6. The van der Waals surface area contributed by atoms with Crippen LogP contribution < -0.4 is 10.6 Å². The van der Waals surface area contributed by atoms with Gasteiger partial charge in [0.15, 0.2) is 11.6 Å². The van der Waals surface area contributed by atoms with Crippen molar-refractivity contribution in [1.29, 1.82) is 0 Å². The van der Waals surface area contributed by atoms with E-state index < -0.39 is 11.9 Å². The summed E-state index contributed by atoms with van der Waals surface area (Å²) in [4.78, 5) is 76.1. The van der Waals surface area contributed by atoms with E-state index in [4.69, 9.17) is 28.6 Å². The molecule has 25 heteroatoms. The Kier molecular flexibility index (Phi) is 21.2. The number of carboxylic acids is 1. The number of aliphatic hydroxyl groups is 3. The average Bonchev–Trinajstić information content (AvgIpc) is 1.66. The average molecular weight is 1520 g/mol. The third-order valence-corrected chi connectivity index (χ3v) is 23.9. The number of nitrogens with one attached hydrogen (secondary N) is 2. The number of ether oxygens (including phenoxy) is 1. The summed E-state index contributed by atoms with van der Waals surface area (Å²) in [6, 6.07) is 40.5. The zero-order chi connectivity index (χ0) is 78.6. The largest absolute Gasteiger partial charge is 0.481 e. The number of nitro groups is 2. The number of nitro benzene ring substituents is 2. The van der Waals surface area contributed by atoms with Gasteiger partial charge in [-0.2, -0.15) is 0 Å². The second-order valence-electron chi connectivity index (χ2n) is 30.8. The highest BCUT2D eigenvalue weighted by Crippen LogP contribution is 2.50. The summed E-state index contributed by atoms with van der Waals surface area (Å²) in [5.41, 5.74) is 19.3. The van der Waals surface area contributed by atoms with Gasteiger partial charge in [-0.25, -0.2) is 9.97 Å². The summed E-state index contributed by atoms with van der Waals surface area (Å²) in [5.74, 6) is 0.898. The number of anilines is 4. The van der Waals surface area contributed by atoms with Crippen LogP contribution >= 0.6 is 0 Å². The number of rotatable bonds is 18. The van der Waals surface area contributed by atoms with E-state index in [1.165, 1.54) is 7.11 Å². The second kappa shape index (κ2) is 31.6. The number of aromatic nitrogens is 4. The van der Waals surface area contributed by atoms with Crippen molar-refractivity contribution in [3.05, 3.63) is 222 Å². The number of esters is 1. The lowest BCUT2D eigenvalue weighted by atomic mass is 9.82. The van der Waals surface area contributed by atoms with Crippen LogP contribution in [0.5, 0.6) is 0 Å². The van der Waals surface area contributed by atoms with Crippen LogP contribution in [0.4, 0.5) is 34.4 Å². The minimum atomic E-state index is -0.798. The molecule has 0 saturated carbocycles. The number of carbonyl (C=O) groups is 2. The Labute approximate surface area is 652 Å². The van der Waals surface area contributed by atoms with Crippen molar-refractivity contribution in [2.24, 2.45) is 11.8 Å². The normalized spacial score (nSPS) is 18.7. The number of hydrogen-bond acceptors (Lipinski definition) is 22. The summed E-state index contributed by atoms with van der Waals surface area (Å²) in [6.07, 6.45) is 13.0. The smallest absolute Gasteiger partial charge is 0.315 e. The summed E-state index contributed by atoms with van der Waals surface area (Å²) in [7, 11) is 2.41. The highest BCUT2D eigenvalue weighted by molar-refractivity contribution is 5.97. The van der Waals surface area contributed by atoms with E-state index >= 15 is 0 Å². The van der Waals surface area contributed by atoms with Crippen LogP contribution in [0.1, 0.15) is 106 Å². The van der Waals surface area contributed by atoms with Gasteiger partial charge in [0, 0.05) is 165 Å². The second-order valence-corrected chi connectivity index (χ2v) is 30.8. The lowest BCUT2D eigenvalue weighted by molar-refractivity contribution is -0.384. The third-order valence-electron chi connectivity index (χ3n) is 23.9. The van der Waals surface area contributed by atoms with E-state index in [1.807, 2.05) is 98.2 Å². The first-order valence-electron chi connectivity index (χ1n) is 38.7. The molecule has 0 spiro atoms. The number of β-amino-alcohol motifs (C(OH)–C–C–N with tert-alkyl or cyclic N) is 2. The van der Waals surface area contributed by atoms with Gasteiger partial charge in [0.05, 0.1) is 41.0 Å². The Hall–Kier alpha value is -11.4. The van der Waals surface area contributed by atoms with Crippen LogP contribution in [-0.4, -0.2) is 161 Å². The molecule has 25 nitrogen and oxygen atoms in total. The zero-order valence-electron chi connectivity index (χ0n) is 64.0. The summed E-state index contributed by atoms with van der Waals surface area (Å²) < 4.78 is 17.8. The molecule has 6 N–H and O–H groups in total. The van der Waals surface area contributed by atoms with Gasteiger partial charge in [0.2, 0.25) is 11.2 Å². The number of aliphatic hydroxyl groups excluding tert-OH is 3. The van der Waals surface area contributed by atoms with Crippen LogP contribution in [-0.2, 0) is 40.3 Å². The maximum absolute atomic E-state index is 12.7. The number of nitrogens with zero attached hydrogens (tertiary/aromatic N) is 10. The van der Waals surface area contributed by atoms with Crippen LogP contribution in [0.2, 0.25) is 0 Å². The molecule has 580 valence electrons. The Balaban J connectivity index is 0.000000167. The predicted molar refractivity (Wildman–Crippen MR) is 433 cm³/mol. The first-order valence-corrected chi connectivity index (χ1v) is 38.7. The highest BCUT2D eigenvalue weighted by Gasteiger charge is 2.44. The summed E-state index contributed by atoms with van der Waals surface area (Å²) >= 11 is 0. The van der Waals surface area contributed by atoms with Gasteiger partial charge in [-0.15, -0.1) is 0 Å². The van der Waals surface area contributed by atoms with E-state index in [0.717, 1.165) is 188 Å². The predicted octanol–water partition coefficient (Wildman–Crippen LogP) is 15.6. The molecule has 6 aliphatic rings. The monoisotopic (exact) mass is 1520 g/mol. The first kappa shape index (κ1) is 75.6. The molecular formula is C88H90N12O13. The molecule has 10 heterocycles. The SMILES string of the molecule is CO.COC(=O)C1CN(C2CCCc3c2cc2cc(-c4cccc(-c5cccc(Nc6nccc7cc(CN8CC[C@@H](O)C8)cnc67)c5C)c4C)oc2c3[N+](=O)[O-])C1.Cc1c(Nc2nccc3cc(CN4CC[C@@H](O)C4)cnc23)cccc1-c1cccc(-c2cc3cc4c(c([N+](=O)[O-])c3o2)CCCC4N2CC(C(=O)O)C2)c1C. The molecule has 0 bridgehead atoms. The number of hydrogen-bond donors (Lipinski definition) is 6. The molecule has 0 radical (unpaired) electrons. The number of carbonyl (C=O) groups excluding carboxylic acids is 1. The van der Waals surface area contributed by atoms with Gasteiger partial charge in [-0.05, 0) is 206 Å². The molecule has 4 saturated heterocycles. The number of likely N-dealkylation sites (tertiary alicyclic amines) is 4. The molecular weight excluding hydrogens is 1430 g/mol. The van der Waals surface area contributed by atoms with Crippen molar-refractivity contribution in [2.75, 3.05) is 77.2 Å². The number of furan rings is 2. The van der Waals surface area contributed by atoms with Gasteiger partial charge < -0.3 is 44.6 Å². The van der Waals surface area contributed by atoms with Gasteiger partial charge in [0.25, 0.3) is 0 Å². The first-order chi connectivity index (χ1) is 54.8. The van der Waals surface area contributed by atoms with E-state index in [1.54, 1.807) is 12.4 Å². The topological polar surface area (TPSA) is 325 Å². The molecule has 2 unspecified atom stereocenters. The maximum atomic E-state index is 12.7. The summed E-state index contributed by atoms with van der Waals surface area (Å²) in [5, 5.41) is 72.1. The van der Waals surface area contributed by atoms with Crippen molar-refractivity contribution in [2.45, 2.75) is 116 Å². The quantitative estimate of drug-likeness (QED) is 0.0264. The van der Waals surface area contributed by atoms with Gasteiger partial charge in [-0.3, -0.25) is 59.4 Å². The molecule has 0 amide bonds. The number of fused-ring (bicyclic) bond motifs is 6. The van der Waals surface area contributed by atoms with Crippen molar-refractivity contribution in [1.82, 2.24) is 39.5 Å². The fraction of sp³-hybridized carbons (Fsp3) is 0.341. The number of methoxy groups -OCH3 is 1. The molecule has 4 aliphatic heterocycles. The maximum Gasteiger partial charge on any atom is 0.315 e. The molecule has 18 rings (SSSR count). The lowest BCUT2D eigenvalue weighted by Gasteiger charge is -2.44. The molecule has 6 aromatic heterocycles. The van der Waals surface area contributed by atoms with E-state index in [0.29, 0.717) is 97.2 Å². The van der Waals surface area contributed by atoms with Crippen molar-refractivity contribution in [3.8, 4) is 44.9 Å². The van der Waals surface area contributed by atoms with Crippen LogP contribution in [0.3, 0.4) is 0 Å². The van der Waals surface area contributed by atoms with E-state index in [2.05, 4.69) is 103 Å². The Morgan fingerprint density at radius 3 is 1.33 bits per heavy atom. The Morgan fingerprint density at radius 1 is 0.522 bits per heavy atom. The van der Waals surface area contributed by atoms with Crippen molar-refractivity contribution < 1.29 is 53.4 Å². The van der Waals surface area contributed by atoms with Gasteiger partial charge in [0.1, 0.15) is 22.6 Å². The van der Waals surface area contributed by atoms with Crippen LogP contribution in [0.15, 0.2) is 155 Å². The molecule has 4 fully saturated rings. The standard InChI is InChI=1S/C44H44N6O6.C43H42N6O6.CH4O/c1-25-32(33-8-5-11-37(26(33)2)47-43-40-28(13-15-45-43)17-27(20-46-40)21-48-16-14-31(51)24-48)7-4-9-34(25)39-19-29-18-36-35(41(50(53)54)42(29)56-39)10-6-12-38(36)49-22-30(23-49)44(52)55-3;1-24-31(32-7-4-10-36(25(32)2)46-42-39-27(12-14-44-42)16-26(19-45-39)20-47-15-13-30(50)23-47)6-3-8-33(24)38-18-28-17-35-34(40(49(53)54)41(28)55-38)9-5-11-37(35)48-21-29(22-48)43(51)52;1-2/h4-5,7-9,11,13,15,17-20,30-31,38,51H,6,10,12,14,16,21-24H2,1-3H3,(H,45,47);3-4,6-8,10,12,14,16-19,29-30,37,50H,5,9,11,13,15,20-23H2,1-2H3,(H,44,46)(H,51,52);2H,1H3/t31-,38?;30-,37?;/m11./s1. The van der Waals surface area contributed by atoms with Crippen LogP contribution in [0, 0.1) is 59.8 Å². The van der Waals surface area contributed by atoms with Crippen molar-refractivity contribution in [3.63, 3.8) is 0 Å². The Bertz CT molecular complexity index is 5730. The molecule has 12 aromatic rings. The lowest BCUT2D eigenvalue weighted by Crippen LogP contribution is -2.52. The molecule has 113 heavy (non-hydrogen) atoms. The van der Waals surface area contributed by atoms with E-state index in [9.17, 15) is 45.1 Å². The van der Waals surface area contributed by atoms with E-state index in [-0.39, 0.29) is 63.0 Å². The van der Waals surface area contributed by atoms with Crippen LogP contribution in [0.25, 0.3) is 88.6 Å². The third kappa shape index (κ3) is 14.6. The number of benzene rings is 6. The Morgan fingerprint density at radius 2 is 0.929 bits per heavy atom. The number of pyridine rings is 4. The zero-order valence-corrected chi connectivity index (χ0v) is 64.0. The number of carboxylic acid groups (broad SMARTS) is 1.